The van der Waals surface area contributed by atoms with Gasteiger partial charge in [-0.05, 0) is 62.6 Å². The zero-order valence-corrected chi connectivity index (χ0v) is 22.2. The Hall–Kier alpha value is -3.98. The molecule has 1 saturated heterocycles. The number of piperidine rings is 1. The van der Waals surface area contributed by atoms with Gasteiger partial charge in [0.25, 0.3) is 5.56 Å². The molecule has 1 aliphatic heterocycles. The fourth-order valence-corrected chi connectivity index (χ4v) is 5.37. The molecular formula is C28H29ClN6O3. The first kappa shape index (κ1) is 25.7. The van der Waals surface area contributed by atoms with Gasteiger partial charge in [0.1, 0.15) is 11.0 Å². The quantitative estimate of drug-likeness (QED) is 0.336. The van der Waals surface area contributed by atoms with Crippen LogP contribution >= 0.6 is 11.6 Å². The molecule has 4 aromatic rings. The van der Waals surface area contributed by atoms with Crippen molar-refractivity contribution in [2.75, 3.05) is 23.3 Å². The average molecular weight is 533 g/mol. The van der Waals surface area contributed by atoms with Gasteiger partial charge in [-0.25, -0.2) is 14.8 Å². The van der Waals surface area contributed by atoms with Crippen LogP contribution in [-0.2, 0) is 7.05 Å². The van der Waals surface area contributed by atoms with Crippen LogP contribution in [0, 0.1) is 6.92 Å². The number of rotatable bonds is 6. The molecule has 1 atom stereocenters. The Labute approximate surface area is 225 Å². The second kappa shape index (κ2) is 10.4. The molecule has 0 spiro atoms. The molecule has 1 fully saturated rings. The van der Waals surface area contributed by atoms with Gasteiger partial charge < -0.3 is 15.3 Å². The lowest BCUT2D eigenvalue weighted by Gasteiger charge is -2.33. The van der Waals surface area contributed by atoms with Gasteiger partial charge in [0, 0.05) is 37.8 Å². The van der Waals surface area contributed by atoms with Crippen LogP contribution < -0.4 is 15.8 Å². The first-order valence-corrected chi connectivity index (χ1v) is 12.9. The molecule has 0 aliphatic carbocycles. The monoisotopic (exact) mass is 532 g/mol. The number of aromatic carboxylic acids is 1. The SMILES string of the molecule is Cc1cc(C(C)Nc2ccc(Cl)nc2C(=O)O)c2nc(C3CCN(c4cccnc4)CC3)n(C)c(=O)c2c1. The molecule has 0 radical (unpaired) electrons. The minimum atomic E-state index is -1.18. The zero-order valence-electron chi connectivity index (χ0n) is 21.5. The van der Waals surface area contributed by atoms with E-state index in [1.54, 1.807) is 29.9 Å². The third kappa shape index (κ3) is 4.93. The summed E-state index contributed by atoms with van der Waals surface area (Å²) in [6.45, 7) is 5.55. The van der Waals surface area contributed by atoms with E-state index in [2.05, 4.69) is 26.3 Å². The van der Waals surface area contributed by atoms with E-state index < -0.39 is 5.97 Å². The fourth-order valence-electron chi connectivity index (χ4n) is 5.23. The molecule has 1 aromatic carbocycles. The summed E-state index contributed by atoms with van der Waals surface area (Å²) in [5.74, 6) is -0.269. The molecule has 0 amide bonds. The van der Waals surface area contributed by atoms with Crippen LogP contribution in [0.15, 0.2) is 53.6 Å². The number of carboxylic acids is 1. The van der Waals surface area contributed by atoms with Crippen LogP contribution in [0.5, 0.6) is 0 Å². The number of benzene rings is 1. The van der Waals surface area contributed by atoms with Crippen LogP contribution in [0.3, 0.4) is 0 Å². The van der Waals surface area contributed by atoms with E-state index in [0.29, 0.717) is 16.6 Å². The van der Waals surface area contributed by atoms with Crippen LogP contribution in [0.2, 0.25) is 5.15 Å². The number of nitrogens with one attached hydrogen (secondary N) is 1. The van der Waals surface area contributed by atoms with Crippen molar-refractivity contribution in [3.8, 4) is 0 Å². The first-order chi connectivity index (χ1) is 18.2. The van der Waals surface area contributed by atoms with Gasteiger partial charge >= 0.3 is 5.97 Å². The van der Waals surface area contributed by atoms with Gasteiger partial charge in [-0.15, -0.1) is 0 Å². The summed E-state index contributed by atoms with van der Waals surface area (Å²) in [5, 5.41) is 13.5. The first-order valence-electron chi connectivity index (χ1n) is 12.6. The Bertz CT molecular complexity index is 1560. The summed E-state index contributed by atoms with van der Waals surface area (Å²) in [4.78, 5) is 40.8. The number of halogens is 1. The second-order valence-electron chi connectivity index (χ2n) is 9.76. The Morgan fingerprint density at radius 3 is 2.63 bits per heavy atom. The molecule has 1 aliphatic rings. The minimum absolute atomic E-state index is 0.0868. The molecule has 4 heterocycles. The molecule has 2 N–H and O–H groups in total. The Morgan fingerprint density at radius 2 is 1.95 bits per heavy atom. The highest BCUT2D eigenvalue weighted by molar-refractivity contribution is 6.29. The number of carboxylic acid groups (broad SMARTS) is 1. The summed E-state index contributed by atoms with van der Waals surface area (Å²) in [7, 11) is 1.79. The van der Waals surface area contributed by atoms with Crippen LogP contribution in [0.1, 0.15) is 59.2 Å². The van der Waals surface area contributed by atoms with E-state index in [4.69, 9.17) is 16.6 Å². The number of pyridine rings is 2. The number of hydrogen-bond acceptors (Lipinski definition) is 7. The van der Waals surface area contributed by atoms with Gasteiger partial charge in [-0.1, -0.05) is 17.7 Å². The maximum atomic E-state index is 13.5. The minimum Gasteiger partial charge on any atom is -0.476 e. The van der Waals surface area contributed by atoms with Gasteiger partial charge in [0.15, 0.2) is 5.69 Å². The van der Waals surface area contributed by atoms with Crippen LogP contribution in [0.4, 0.5) is 11.4 Å². The molecule has 1 unspecified atom stereocenters. The Kier molecular flexibility index (Phi) is 7.03. The van der Waals surface area contributed by atoms with E-state index in [-0.39, 0.29) is 28.4 Å². The Morgan fingerprint density at radius 1 is 1.18 bits per heavy atom. The molecule has 38 heavy (non-hydrogen) atoms. The molecule has 0 bridgehead atoms. The average Bonchev–Trinajstić information content (AvgIpc) is 2.92. The molecule has 3 aromatic heterocycles. The molecule has 9 nitrogen and oxygen atoms in total. The fraction of sp³-hybridized carbons (Fsp3) is 0.321. The summed E-state index contributed by atoms with van der Waals surface area (Å²) in [6.07, 6.45) is 5.38. The number of fused-ring (bicyclic) bond motifs is 1. The maximum Gasteiger partial charge on any atom is 0.356 e. The second-order valence-corrected chi connectivity index (χ2v) is 10.1. The van der Waals surface area contributed by atoms with Gasteiger partial charge in [-0.3, -0.25) is 14.3 Å². The van der Waals surface area contributed by atoms with Crippen molar-refractivity contribution in [2.45, 2.75) is 38.6 Å². The lowest BCUT2D eigenvalue weighted by atomic mass is 9.94. The third-order valence-electron chi connectivity index (χ3n) is 7.16. The standard InChI is InChI=1S/C28H29ClN6O3/c1-16-13-20(17(2)31-22-6-7-23(29)32-25(22)28(37)38)24-21(14-16)27(36)34(3)26(33-24)18-8-11-35(12-9-18)19-5-4-10-30-15-19/h4-7,10,13-15,17-18,31H,8-9,11-12H2,1-3H3,(H,37,38). The summed E-state index contributed by atoms with van der Waals surface area (Å²) in [6, 6.07) is 10.6. The normalized spacial score (nSPS) is 15.0. The van der Waals surface area contributed by atoms with Crippen molar-refractivity contribution in [1.29, 1.82) is 0 Å². The van der Waals surface area contributed by atoms with Crippen molar-refractivity contribution < 1.29 is 9.90 Å². The van der Waals surface area contributed by atoms with Crippen molar-refractivity contribution in [2.24, 2.45) is 7.05 Å². The molecule has 10 heteroatoms. The van der Waals surface area contributed by atoms with E-state index in [0.717, 1.165) is 48.6 Å². The zero-order chi connectivity index (χ0) is 27.0. The highest BCUT2D eigenvalue weighted by Gasteiger charge is 2.26. The van der Waals surface area contributed by atoms with Gasteiger partial charge in [0.05, 0.1) is 34.5 Å². The van der Waals surface area contributed by atoms with E-state index in [1.165, 1.54) is 0 Å². The number of anilines is 2. The predicted octanol–water partition coefficient (Wildman–Crippen LogP) is 4.94. The molecular weight excluding hydrogens is 504 g/mol. The van der Waals surface area contributed by atoms with Crippen LogP contribution in [-0.4, -0.2) is 43.7 Å². The lowest BCUT2D eigenvalue weighted by Crippen LogP contribution is -2.35. The highest BCUT2D eigenvalue weighted by atomic mass is 35.5. The van der Waals surface area contributed by atoms with E-state index in [1.807, 2.05) is 38.2 Å². The van der Waals surface area contributed by atoms with Crippen molar-refractivity contribution in [3.05, 3.63) is 86.9 Å². The van der Waals surface area contributed by atoms with E-state index >= 15 is 0 Å². The molecule has 196 valence electrons. The number of nitrogens with zero attached hydrogens (tertiary/aromatic N) is 5. The summed E-state index contributed by atoms with van der Waals surface area (Å²) in [5.41, 5.74) is 3.56. The number of aromatic nitrogens is 4. The van der Waals surface area contributed by atoms with Gasteiger partial charge in [0.2, 0.25) is 0 Å². The lowest BCUT2D eigenvalue weighted by molar-refractivity contribution is 0.0691. The van der Waals surface area contributed by atoms with Crippen molar-refractivity contribution in [3.63, 3.8) is 0 Å². The summed E-state index contributed by atoms with van der Waals surface area (Å²) >= 11 is 5.93. The predicted molar refractivity (Wildman–Crippen MR) is 148 cm³/mol. The number of aryl methyl sites for hydroxylation is 1. The topological polar surface area (TPSA) is 113 Å². The molecule has 0 saturated carbocycles. The third-order valence-corrected chi connectivity index (χ3v) is 7.37. The summed E-state index contributed by atoms with van der Waals surface area (Å²) < 4.78 is 1.68. The van der Waals surface area contributed by atoms with Crippen molar-refractivity contribution >= 4 is 39.8 Å². The van der Waals surface area contributed by atoms with Crippen molar-refractivity contribution in [1.82, 2.24) is 19.5 Å². The van der Waals surface area contributed by atoms with E-state index in [9.17, 15) is 14.7 Å². The largest absolute Gasteiger partial charge is 0.476 e. The Balaban J connectivity index is 1.50. The number of carbonyl (C=O) groups is 1. The van der Waals surface area contributed by atoms with Gasteiger partial charge in [-0.2, -0.15) is 0 Å². The maximum absolute atomic E-state index is 13.5. The number of hydrogen-bond donors (Lipinski definition) is 2. The highest BCUT2D eigenvalue weighted by Crippen LogP contribution is 2.32. The molecule has 5 rings (SSSR count). The smallest absolute Gasteiger partial charge is 0.356 e. The van der Waals surface area contributed by atoms with Crippen LogP contribution in [0.25, 0.3) is 10.9 Å².